The van der Waals surface area contributed by atoms with Crippen molar-refractivity contribution in [1.29, 1.82) is 0 Å². The van der Waals surface area contributed by atoms with Gasteiger partial charge in [-0.2, -0.15) is 24.4 Å². The number of hydrogen-bond acceptors (Lipinski definition) is 9. The summed E-state index contributed by atoms with van der Waals surface area (Å²) in [5, 5.41) is 36.1. The summed E-state index contributed by atoms with van der Waals surface area (Å²) in [6.07, 6.45) is 2.65. The Bertz CT molecular complexity index is 816. The SMILES string of the molecule is NC(CCC(=O)NC(CS)C(=O)NCC(=O)O)C(=O)O.O=C(O)CCCC[C@H]1SC[C@H]2NC(=O)N[C@H]21. The van der Waals surface area contributed by atoms with E-state index < -0.39 is 48.4 Å². The van der Waals surface area contributed by atoms with Gasteiger partial charge >= 0.3 is 23.9 Å². The average Bonchev–Trinajstić information content (AvgIpc) is 3.36. The highest BCUT2D eigenvalue weighted by Gasteiger charge is 2.42. The van der Waals surface area contributed by atoms with Crippen LogP contribution < -0.4 is 27.0 Å². The van der Waals surface area contributed by atoms with Crippen LogP contribution in [0.5, 0.6) is 0 Å². The van der Waals surface area contributed by atoms with Crippen molar-refractivity contribution in [3.63, 3.8) is 0 Å². The van der Waals surface area contributed by atoms with Gasteiger partial charge in [0.15, 0.2) is 0 Å². The molecule has 0 spiro atoms. The summed E-state index contributed by atoms with van der Waals surface area (Å²) in [4.78, 5) is 65.2. The molecule has 0 radical (unpaired) electrons. The highest BCUT2D eigenvalue weighted by atomic mass is 32.2. The predicted molar refractivity (Wildman–Crippen MR) is 133 cm³/mol. The van der Waals surface area contributed by atoms with Crippen LogP contribution in [0, 0.1) is 0 Å². The van der Waals surface area contributed by atoms with Crippen LogP contribution in [-0.4, -0.2) is 98.5 Å². The Morgan fingerprint density at radius 2 is 1.78 bits per heavy atom. The van der Waals surface area contributed by atoms with Crippen LogP contribution in [0.25, 0.3) is 0 Å². The van der Waals surface area contributed by atoms with E-state index in [2.05, 4.69) is 33.9 Å². The number of amides is 4. The lowest BCUT2D eigenvalue weighted by atomic mass is 10.0. The maximum atomic E-state index is 11.5. The lowest BCUT2D eigenvalue weighted by molar-refractivity contribution is -0.139. The zero-order chi connectivity index (χ0) is 27.3. The van der Waals surface area contributed by atoms with Crippen molar-refractivity contribution in [2.24, 2.45) is 5.73 Å². The van der Waals surface area contributed by atoms with Gasteiger partial charge in [0.25, 0.3) is 0 Å². The van der Waals surface area contributed by atoms with E-state index in [0.717, 1.165) is 25.0 Å². The first-order valence-corrected chi connectivity index (χ1v) is 12.9. The molecule has 2 rings (SSSR count). The molecule has 204 valence electrons. The van der Waals surface area contributed by atoms with Crippen molar-refractivity contribution in [3.05, 3.63) is 0 Å². The highest BCUT2D eigenvalue weighted by Crippen LogP contribution is 2.33. The summed E-state index contributed by atoms with van der Waals surface area (Å²) in [5.74, 6) is -3.47. The molecular formula is C20H33N5O9S2. The van der Waals surface area contributed by atoms with Gasteiger partial charge in [-0.15, -0.1) is 0 Å². The number of carboxylic acid groups (broad SMARTS) is 3. The van der Waals surface area contributed by atoms with E-state index in [1.165, 1.54) is 0 Å². The lowest BCUT2D eigenvalue weighted by Gasteiger charge is -2.16. The molecule has 0 aromatic heterocycles. The number of aliphatic carboxylic acids is 3. The van der Waals surface area contributed by atoms with E-state index in [1.807, 2.05) is 11.8 Å². The van der Waals surface area contributed by atoms with Crippen molar-refractivity contribution in [2.75, 3.05) is 18.1 Å². The molecule has 0 saturated carbocycles. The molecule has 2 aliphatic heterocycles. The summed E-state index contributed by atoms with van der Waals surface area (Å²) in [6.45, 7) is -0.567. The Morgan fingerprint density at radius 1 is 1.08 bits per heavy atom. The minimum atomic E-state index is -1.22. The number of carbonyl (C=O) groups excluding carboxylic acids is 3. The summed E-state index contributed by atoms with van der Waals surface area (Å²) >= 11 is 5.74. The fraction of sp³-hybridized carbons (Fsp3) is 0.700. The fourth-order valence-corrected chi connectivity index (χ4v) is 5.22. The van der Waals surface area contributed by atoms with Crippen LogP contribution in [0.4, 0.5) is 4.79 Å². The molecule has 0 aliphatic carbocycles. The number of carbonyl (C=O) groups is 6. The third-order valence-electron chi connectivity index (χ3n) is 5.32. The van der Waals surface area contributed by atoms with E-state index in [4.69, 9.17) is 21.1 Å². The Labute approximate surface area is 217 Å². The average molecular weight is 552 g/mol. The Hall–Kier alpha value is -2.72. The zero-order valence-corrected chi connectivity index (χ0v) is 21.2. The number of rotatable bonds is 14. The number of fused-ring (bicyclic) bond motifs is 1. The van der Waals surface area contributed by atoms with E-state index in [9.17, 15) is 28.8 Å². The number of nitrogens with one attached hydrogen (secondary N) is 4. The summed E-state index contributed by atoms with van der Waals surface area (Å²) in [7, 11) is 0. The number of thioether (sulfide) groups is 1. The number of urea groups is 1. The third kappa shape index (κ3) is 11.8. The van der Waals surface area contributed by atoms with E-state index in [-0.39, 0.29) is 43.1 Å². The second-order valence-corrected chi connectivity index (χ2v) is 9.80. The maximum absolute atomic E-state index is 11.5. The molecule has 0 aromatic rings. The molecule has 2 fully saturated rings. The van der Waals surface area contributed by atoms with Crippen LogP contribution in [0.1, 0.15) is 38.5 Å². The first-order valence-electron chi connectivity index (χ1n) is 11.2. The standard InChI is InChI=1S/C10H17N3O6S.C10H16N2O3S/c11-5(10(18)19)1-2-7(14)13-6(4-20)9(17)12-3-8(15)16;13-8(14)4-2-1-3-7-9-6(5-16-7)11-10(15)12-9/h5-6,20H,1-4,11H2,(H,12,17)(H,13,14)(H,15,16)(H,18,19);6-7,9H,1-5H2,(H,13,14)(H2,11,12,15)/t;6-,7-,9-/m.1/s1. The minimum absolute atomic E-state index is 0.0256. The first-order chi connectivity index (χ1) is 16.9. The van der Waals surface area contributed by atoms with Crippen molar-refractivity contribution >= 4 is 60.1 Å². The number of nitrogens with two attached hydrogens (primary N) is 1. The predicted octanol–water partition coefficient (Wildman–Crippen LogP) is -1.41. The molecule has 2 heterocycles. The molecule has 16 heteroatoms. The van der Waals surface area contributed by atoms with Gasteiger partial charge in [0, 0.05) is 29.6 Å². The molecule has 2 aliphatic rings. The van der Waals surface area contributed by atoms with Crippen LogP contribution in [0.15, 0.2) is 0 Å². The number of hydrogen-bond donors (Lipinski definition) is 9. The Morgan fingerprint density at radius 3 is 2.36 bits per heavy atom. The molecule has 14 nitrogen and oxygen atoms in total. The smallest absolute Gasteiger partial charge is 0.322 e. The second-order valence-electron chi connectivity index (χ2n) is 8.16. The van der Waals surface area contributed by atoms with E-state index in [1.54, 1.807) is 0 Å². The molecule has 5 atom stereocenters. The summed E-state index contributed by atoms with van der Waals surface area (Å²) < 4.78 is 0. The van der Waals surface area contributed by atoms with Gasteiger partial charge in [0.05, 0.1) is 12.1 Å². The largest absolute Gasteiger partial charge is 0.481 e. The quantitative estimate of drug-likeness (QED) is 0.0690. The molecule has 9 N–H and O–H groups in total. The first kappa shape index (κ1) is 31.3. The molecule has 0 bridgehead atoms. The zero-order valence-electron chi connectivity index (χ0n) is 19.5. The van der Waals surface area contributed by atoms with Crippen molar-refractivity contribution in [1.82, 2.24) is 21.3 Å². The minimum Gasteiger partial charge on any atom is -0.481 e. The Kier molecular flexibility index (Phi) is 14.0. The van der Waals surface area contributed by atoms with Crippen molar-refractivity contribution in [2.45, 2.75) is 67.9 Å². The van der Waals surface area contributed by atoms with Crippen molar-refractivity contribution < 1.29 is 44.1 Å². The van der Waals surface area contributed by atoms with Gasteiger partial charge in [-0.3, -0.25) is 24.0 Å². The van der Waals surface area contributed by atoms with Gasteiger partial charge in [-0.05, 0) is 19.3 Å². The lowest BCUT2D eigenvalue weighted by Crippen LogP contribution is -2.49. The van der Waals surface area contributed by atoms with Gasteiger partial charge in [-0.1, -0.05) is 6.42 Å². The highest BCUT2D eigenvalue weighted by molar-refractivity contribution is 8.00. The number of thiol groups is 1. The maximum Gasteiger partial charge on any atom is 0.322 e. The van der Waals surface area contributed by atoms with Gasteiger partial charge in [-0.25, -0.2) is 4.79 Å². The van der Waals surface area contributed by atoms with E-state index in [0.29, 0.717) is 5.25 Å². The Balaban J connectivity index is 0.000000367. The molecule has 4 amide bonds. The van der Waals surface area contributed by atoms with Crippen molar-refractivity contribution in [3.8, 4) is 0 Å². The van der Waals surface area contributed by atoms with Crippen LogP contribution in [0.3, 0.4) is 0 Å². The second kappa shape index (κ2) is 16.1. The van der Waals surface area contributed by atoms with E-state index >= 15 is 0 Å². The van der Waals surface area contributed by atoms with Crippen LogP contribution in [-0.2, 0) is 24.0 Å². The van der Waals surface area contributed by atoms with Gasteiger partial charge < -0.3 is 42.3 Å². The molecular weight excluding hydrogens is 518 g/mol. The van der Waals surface area contributed by atoms with Gasteiger partial charge in [0.1, 0.15) is 18.6 Å². The fourth-order valence-electron chi connectivity index (χ4n) is 3.42. The molecule has 2 saturated heterocycles. The summed E-state index contributed by atoms with van der Waals surface area (Å²) in [6, 6.07) is -1.71. The summed E-state index contributed by atoms with van der Waals surface area (Å²) in [5.41, 5.74) is 5.23. The van der Waals surface area contributed by atoms with Crippen LogP contribution >= 0.6 is 24.4 Å². The molecule has 0 aromatic carbocycles. The molecule has 2 unspecified atom stereocenters. The number of carboxylic acids is 3. The topological polar surface area (TPSA) is 237 Å². The third-order valence-corrected chi connectivity index (χ3v) is 7.19. The number of unbranched alkanes of at least 4 members (excludes halogenated alkanes) is 1. The molecule has 36 heavy (non-hydrogen) atoms. The monoisotopic (exact) mass is 551 g/mol. The van der Waals surface area contributed by atoms with Crippen LogP contribution in [0.2, 0.25) is 0 Å². The normalized spacial score (nSPS) is 21.5. The van der Waals surface area contributed by atoms with Gasteiger partial charge in [0.2, 0.25) is 11.8 Å².